The summed E-state index contributed by atoms with van der Waals surface area (Å²) in [6.07, 6.45) is 2.19. The monoisotopic (exact) mass is 262 g/mol. The van der Waals surface area contributed by atoms with Crippen LogP contribution in [0.4, 0.5) is 5.69 Å². The minimum Gasteiger partial charge on any atom is -0.365 e. The van der Waals surface area contributed by atoms with Gasteiger partial charge >= 0.3 is 0 Å². The molecule has 0 aliphatic carbocycles. The Morgan fingerprint density at radius 1 is 1.16 bits per heavy atom. The first-order valence-electron chi connectivity index (χ1n) is 7.04. The largest absolute Gasteiger partial charge is 0.365 e. The van der Waals surface area contributed by atoms with Crippen LogP contribution in [0.1, 0.15) is 33.6 Å². The lowest BCUT2D eigenvalue weighted by Gasteiger charge is -2.21. The number of hydrogen-bond acceptors (Lipinski definition) is 2. The van der Waals surface area contributed by atoms with Gasteiger partial charge in [0.1, 0.15) is 0 Å². The highest BCUT2D eigenvalue weighted by molar-refractivity contribution is 5.81. The highest BCUT2D eigenvalue weighted by Crippen LogP contribution is 2.10. The Balaban J connectivity index is 2.34. The molecule has 0 bridgehead atoms. The predicted octanol–water partition coefficient (Wildman–Crippen LogP) is 3.06. The van der Waals surface area contributed by atoms with E-state index >= 15 is 0 Å². The highest BCUT2D eigenvalue weighted by Gasteiger charge is 2.10. The number of anilines is 1. The van der Waals surface area contributed by atoms with Gasteiger partial charge in [-0.3, -0.25) is 4.79 Å². The third kappa shape index (κ3) is 6.27. The van der Waals surface area contributed by atoms with Crippen molar-refractivity contribution in [1.82, 2.24) is 5.32 Å². The molecule has 1 aromatic carbocycles. The summed E-state index contributed by atoms with van der Waals surface area (Å²) in [5, 5.41) is 3.06. The Labute approximate surface area is 117 Å². The van der Waals surface area contributed by atoms with Crippen LogP contribution in [0.3, 0.4) is 0 Å². The number of carbonyl (C=O) groups excluding carboxylic acids is 1. The van der Waals surface area contributed by atoms with Gasteiger partial charge in [-0.2, -0.15) is 0 Å². The van der Waals surface area contributed by atoms with Gasteiger partial charge in [-0.25, -0.2) is 0 Å². The standard InChI is InChI=1S/C16H26N2O/c1-13(2)10-11-14(3)17-16(19)12-18(4)15-8-6-5-7-9-15/h5-9,13-14H,10-12H2,1-4H3,(H,17,19). The molecule has 1 aromatic rings. The van der Waals surface area contributed by atoms with E-state index in [1.54, 1.807) is 0 Å². The summed E-state index contributed by atoms with van der Waals surface area (Å²) in [6.45, 7) is 6.88. The van der Waals surface area contributed by atoms with Crippen molar-refractivity contribution in [2.45, 2.75) is 39.7 Å². The smallest absolute Gasteiger partial charge is 0.239 e. The first kappa shape index (κ1) is 15.5. The second-order valence-corrected chi connectivity index (χ2v) is 5.63. The lowest BCUT2D eigenvalue weighted by Crippen LogP contribution is -2.39. The van der Waals surface area contributed by atoms with E-state index < -0.39 is 0 Å². The number of likely N-dealkylation sites (N-methyl/N-ethyl adjacent to an activating group) is 1. The molecule has 1 amide bonds. The van der Waals surface area contributed by atoms with Gasteiger partial charge in [0.15, 0.2) is 0 Å². The van der Waals surface area contributed by atoms with E-state index in [1.807, 2.05) is 42.3 Å². The predicted molar refractivity (Wildman–Crippen MR) is 81.4 cm³/mol. The lowest BCUT2D eigenvalue weighted by molar-refractivity contribution is -0.120. The summed E-state index contributed by atoms with van der Waals surface area (Å²) < 4.78 is 0. The van der Waals surface area contributed by atoms with Crippen LogP contribution in [0.5, 0.6) is 0 Å². The Bertz CT molecular complexity index is 376. The van der Waals surface area contributed by atoms with Crippen molar-refractivity contribution >= 4 is 11.6 Å². The Kier molecular flexibility index (Phi) is 6.40. The summed E-state index contributed by atoms with van der Waals surface area (Å²) in [5.74, 6) is 0.772. The van der Waals surface area contributed by atoms with Crippen molar-refractivity contribution in [3.05, 3.63) is 30.3 Å². The van der Waals surface area contributed by atoms with Gasteiger partial charge in [-0.15, -0.1) is 0 Å². The molecular weight excluding hydrogens is 236 g/mol. The van der Waals surface area contributed by atoms with Gasteiger partial charge in [0.2, 0.25) is 5.91 Å². The summed E-state index contributed by atoms with van der Waals surface area (Å²) in [7, 11) is 1.94. The molecule has 0 fully saturated rings. The lowest BCUT2D eigenvalue weighted by atomic mass is 10.0. The van der Waals surface area contributed by atoms with E-state index in [0.29, 0.717) is 12.5 Å². The maximum Gasteiger partial charge on any atom is 0.239 e. The van der Waals surface area contributed by atoms with E-state index in [-0.39, 0.29) is 11.9 Å². The number of para-hydroxylation sites is 1. The number of benzene rings is 1. The van der Waals surface area contributed by atoms with Crippen molar-refractivity contribution in [2.24, 2.45) is 5.92 Å². The second kappa shape index (κ2) is 7.82. The molecule has 0 saturated heterocycles. The van der Waals surface area contributed by atoms with Crippen LogP contribution in [0.15, 0.2) is 30.3 Å². The molecule has 0 spiro atoms. The Hall–Kier alpha value is -1.51. The maximum atomic E-state index is 11.9. The van der Waals surface area contributed by atoms with Gasteiger partial charge in [-0.05, 0) is 37.8 Å². The van der Waals surface area contributed by atoms with Crippen LogP contribution in [-0.2, 0) is 4.79 Å². The van der Waals surface area contributed by atoms with Crippen molar-refractivity contribution in [3.8, 4) is 0 Å². The van der Waals surface area contributed by atoms with Crippen molar-refractivity contribution in [3.63, 3.8) is 0 Å². The van der Waals surface area contributed by atoms with Crippen molar-refractivity contribution in [2.75, 3.05) is 18.5 Å². The number of nitrogens with one attached hydrogen (secondary N) is 1. The molecule has 0 heterocycles. The van der Waals surface area contributed by atoms with E-state index in [4.69, 9.17) is 0 Å². The van der Waals surface area contributed by atoms with E-state index in [0.717, 1.165) is 18.5 Å². The number of rotatable bonds is 7. The maximum absolute atomic E-state index is 11.9. The fraction of sp³-hybridized carbons (Fsp3) is 0.562. The summed E-state index contributed by atoms with van der Waals surface area (Å²) in [4.78, 5) is 13.9. The first-order chi connectivity index (χ1) is 8.99. The van der Waals surface area contributed by atoms with E-state index in [9.17, 15) is 4.79 Å². The molecular formula is C16H26N2O. The molecule has 1 atom stereocenters. The Morgan fingerprint density at radius 3 is 2.37 bits per heavy atom. The van der Waals surface area contributed by atoms with Gasteiger partial charge in [0.25, 0.3) is 0 Å². The second-order valence-electron chi connectivity index (χ2n) is 5.63. The van der Waals surface area contributed by atoms with Crippen LogP contribution in [0, 0.1) is 5.92 Å². The van der Waals surface area contributed by atoms with Crippen molar-refractivity contribution in [1.29, 1.82) is 0 Å². The van der Waals surface area contributed by atoms with Gasteiger partial charge in [-0.1, -0.05) is 32.0 Å². The number of amides is 1. The molecule has 19 heavy (non-hydrogen) atoms. The van der Waals surface area contributed by atoms with Crippen LogP contribution >= 0.6 is 0 Å². The first-order valence-corrected chi connectivity index (χ1v) is 7.04. The zero-order valence-corrected chi connectivity index (χ0v) is 12.5. The molecule has 1 rings (SSSR count). The van der Waals surface area contributed by atoms with E-state index in [2.05, 4.69) is 26.1 Å². The molecule has 0 aliphatic rings. The van der Waals surface area contributed by atoms with Crippen LogP contribution < -0.4 is 10.2 Å². The van der Waals surface area contributed by atoms with E-state index in [1.165, 1.54) is 0 Å². The zero-order valence-electron chi connectivity index (χ0n) is 12.5. The zero-order chi connectivity index (χ0) is 14.3. The van der Waals surface area contributed by atoms with Gasteiger partial charge in [0, 0.05) is 18.8 Å². The molecule has 3 nitrogen and oxygen atoms in total. The quantitative estimate of drug-likeness (QED) is 0.819. The molecule has 0 radical (unpaired) electrons. The molecule has 0 aromatic heterocycles. The molecule has 106 valence electrons. The third-order valence-corrected chi connectivity index (χ3v) is 3.16. The molecule has 1 unspecified atom stereocenters. The van der Waals surface area contributed by atoms with Crippen LogP contribution in [0.2, 0.25) is 0 Å². The summed E-state index contributed by atoms with van der Waals surface area (Å²) >= 11 is 0. The highest BCUT2D eigenvalue weighted by atomic mass is 16.2. The number of nitrogens with zero attached hydrogens (tertiary/aromatic N) is 1. The van der Waals surface area contributed by atoms with Gasteiger partial charge < -0.3 is 10.2 Å². The average Bonchev–Trinajstić information content (AvgIpc) is 2.37. The molecule has 1 N–H and O–H groups in total. The normalized spacial score (nSPS) is 12.3. The Morgan fingerprint density at radius 2 is 1.79 bits per heavy atom. The fourth-order valence-corrected chi connectivity index (χ4v) is 1.97. The molecule has 3 heteroatoms. The fourth-order valence-electron chi connectivity index (χ4n) is 1.97. The number of hydrogen-bond donors (Lipinski definition) is 1. The molecule has 0 aliphatic heterocycles. The third-order valence-electron chi connectivity index (χ3n) is 3.16. The number of carbonyl (C=O) groups is 1. The van der Waals surface area contributed by atoms with Gasteiger partial charge in [0.05, 0.1) is 6.54 Å². The topological polar surface area (TPSA) is 32.3 Å². The van der Waals surface area contributed by atoms with Crippen LogP contribution in [0.25, 0.3) is 0 Å². The van der Waals surface area contributed by atoms with Crippen molar-refractivity contribution < 1.29 is 4.79 Å². The molecule has 0 saturated carbocycles. The SMILES string of the molecule is CC(C)CCC(C)NC(=O)CN(C)c1ccccc1. The summed E-state index contributed by atoms with van der Waals surface area (Å²) in [6, 6.07) is 10.2. The van der Waals surface area contributed by atoms with Crippen LogP contribution in [-0.4, -0.2) is 25.5 Å². The summed E-state index contributed by atoms with van der Waals surface area (Å²) in [5.41, 5.74) is 1.06. The minimum absolute atomic E-state index is 0.0857. The minimum atomic E-state index is 0.0857. The average molecular weight is 262 g/mol.